The monoisotopic (exact) mass is 527 g/mol. The summed E-state index contributed by atoms with van der Waals surface area (Å²) < 4.78 is 5.61. The molecular formula is C28H29N7O2S. The average molecular weight is 528 g/mol. The number of anilines is 1. The van der Waals surface area contributed by atoms with Crippen LogP contribution in [-0.2, 0) is 6.54 Å². The van der Waals surface area contributed by atoms with E-state index in [-0.39, 0.29) is 18.1 Å². The number of carbonyl (C=O) groups is 1. The van der Waals surface area contributed by atoms with Gasteiger partial charge in [0.1, 0.15) is 6.17 Å². The maximum absolute atomic E-state index is 13.7. The van der Waals surface area contributed by atoms with Gasteiger partial charge in [-0.1, -0.05) is 18.2 Å². The number of hydrazine groups is 1. The molecule has 0 spiro atoms. The van der Waals surface area contributed by atoms with Crippen molar-refractivity contribution in [1.82, 2.24) is 30.4 Å². The van der Waals surface area contributed by atoms with Crippen LogP contribution in [0.5, 0.6) is 0 Å². The number of aromatic nitrogens is 3. The quantitative estimate of drug-likeness (QED) is 0.377. The van der Waals surface area contributed by atoms with Crippen LogP contribution in [0.1, 0.15) is 34.1 Å². The highest BCUT2D eigenvalue weighted by Crippen LogP contribution is 2.28. The van der Waals surface area contributed by atoms with Crippen LogP contribution < -0.4 is 10.4 Å². The van der Waals surface area contributed by atoms with Gasteiger partial charge in [0.15, 0.2) is 0 Å². The summed E-state index contributed by atoms with van der Waals surface area (Å²) in [6.45, 7) is 4.44. The van der Waals surface area contributed by atoms with Crippen molar-refractivity contribution >= 4 is 22.9 Å². The molecule has 38 heavy (non-hydrogen) atoms. The van der Waals surface area contributed by atoms with Crippen LogP contribution in [0.4, 0.5) is 5.69 Å². The summed E-state index contributed by atoms with van der Waals surface area (Å²) in [5.41, 5.74) is 6.36. The Kier molecular flexibility index (Phi) is 7.00. The predicted molar refractivity (Wildman–Crippen MR) is 146 cm³/mol. The molecule has 9 nitrogen and oxygen atoms in total. The fourth-order valence-corrected chi connectivity index (χ4v) is 5.70. The molecule has 0 radical (unpaired) electrons. The van der Waals surface area contributed by atoms with E-state index >= 15 is 0 Å². The average Bonchev–Trinajstić information content (AvgIpc) is 3.73. The van der Waals surface area contributed by atoms with Crippen molar-refractivity contribution in [3.63, 3.8) is 0 Å². The van der Waals surface area contributed by atoms with Gasteiger partial charge in [-0.15, -0.1) is 21.5 Å². The molecule has 1 atom stereocenters. The van der Waals surface area contributed by atoms with E-state index in [1.165, 1.54) is 11.3 Å². The van der Waals surface area contributed by atoms with Crippen LogP contribution in [-0.4, -0.2) is 56.2 Å². The highest BCUT2D eigenvalue weighted by molar-refractivity contribution is 7.12. The Labute approximate surface area is 225 Å². The molecule has 1 saturated heterocycles. The summed E-state index contributed by atoms with van der Waals surface area (Å²) in [7, 11) is 0. The van der Waals surface area contributed by atoms with E-state index in [1.54, 1.807) is 6.92 Å². The molecule has 6 rings (SSSR count). The molecule has 5 heterocycles. The smallest absolute Gasteiger partial charge is 0.265 e. The van der Waals surface area contributed by atoms with Gasteiger partial charge in [-0.25, -0.2) is 5.43 Å². The Morgan fingerprint density at radius 1 is 1.13 bits per heavy atom. The minimum absolute atomic E-state index is 0.0576. The van der Waals surface area contributed by atoms with Gasteiger partial charge in [0, 0.05) is 50.6 Å². The SMILES string of the molecule is Cc1nnc(-c2cccc(N3C=CC(N(C(=O)c4cccs4)C4CCN(Cc5ccccn5)CC4)N3)c2)o1. The number of benzene rings is 1. The van der Waals surface area contributed by atoms with Gasteiger partial charge in [0.05, 0.1) is 16.3 Å². The fourth-order valence-electron chi connectivity index (χ4n) is 5.04. The van der Waals surface area contributed by atoms with Crippen LogP contribution in [0.3, 0.4) is 0 Å². The molecular weight excluding hydrogens is 498 g/mol. The van der Waals surface area contributed by atoms with E-state index in [2.05, 4.69) is 37.6 Å². The first kappa shape index (κ1) is 24.5. The van der Waals surface area contributed by atoms with E-state index in [0.717, 1.165) is 54.3 Å². The van der Waals surface area contributed by atoms with Crippen molar-refractivity contribution in [2.24, 2.45) is 0 Å². The molecule has 0 bridgehead atoms. The van der Waals surface area contributed by atoms with E-state index in [4.69, 9.17) is 4.42 Å². The lowest BCUT2D eigenvalue weighted by atomic mass is 10.0. The van der Waals surface area contributed by atoms with Gasteiger partial charge in [0.2, 0.25) is 11.8 Å². The van der Waals surface area contributed by atoms with Gasteiger partial charge < -0.3 is 9.32 Å². The van der Waals surface area contributed by atoms with E-state index in [0.29, 0.717) is 11.8 Å². The summed E-state index contributed by atoms with van der Waals surface area (Å²) >= 11 is 1.48. The molecule has 1 amide bonds. The van der Waals surface area contributed by atoms with Crippen molar-refractivity contribution in [3.05, 3.63) is 94.9 Å². The number of aryl methyl sites for hydroxylation is 1. The van der Waals surface area contributed by atoms with Crippen molar-refractivity contribution < 1.29 is 9.21 Å². The van der Waals surface area contributed by atoms with Crippen LogP contribution in [0, 0.1) is 6.92 Å². The Morgan fingerprint density at radius 2 is 2.03 bits per heavy atom. The van der Waals surface area contributed by atoms with Crippen molar-refractivity contribution in [2.75, 3.05) is 18.1 Å². The van der Waals surface area contributed by atoms with Crippen LogP contribution in [0.2, 0.25) is 0 Å². The molecule has 1 unspecified atom stereocenters. The summed E-state index contributed by atoms with van der Waals surface area (Å²) in [6.07, 6.45) is 7.42. The lowest BCUT2D eigenvalue weighted by Gasteiger charge is -2.41. The van der Waals surface area contributed by atoms with Gasteiger partial charge in [-0.05, 0) is 60.7 Å². The number of carbonyl (C=O) groups excluding carboxylic acids is 1. The molecule has 194 valence electrons. The summed E-state index contributed by atoms with van der Waals surface area (Å²) in [5, 5.41) is 12.0. The summed E-state index contributed by atoms with van der Waals surface area (Å²) in [5.74, 6) is 1.07. The minimum atomic E-state index is -0.258. The lowest BCUT2D eigenvalue weighted by Crippen LogP contribution is -2.56. The number of likely N-dealkylation sites (tertiary alicyclic amines) is 1. The van der Waals surface area contributed by atoms with Crippen molar-refractivity contribution in [3.8, 4) is 11.5 Å². The Bertz CT molecular complexity index is 1400. The number of thiophene rings is 1. The first-order valence-electron chi connectivity index (χ1n) is 12.8. The van der Waals surface area contributed by atoms with E-state index in [1.807, 2.05) is 76.2 Å². The van der Waals surface area contributed by atoms with Gasteiger partial charge in [0.25, 0.3) is 5.91 Å². The topological polar surface area (TPSA) is 90.6 Å². The molecule has 0 aliphatic carbocycles. The number of nitrogens with one attached hydrogen (secondary N) is 1. The molecule has 1 aromatic carbocycles. The van der Waals surface area contributed by atoms with Crippen molar-refractivity contribution in [2.45, 2.75) is 38.5 Å². The highest BCUT2D eigenvalue weighted by atomic mass is 32.1. The zero-order valence-corrected chi connectivity index (χ0v) is 21.9. The maximum Gasteiger partial charge on any atom is 0.265 e. The molecule has 4 aromatic rings. The van der Waals surface area contributed by atoms with Crippen LogP contribution in [0.25, 0.3) is 11.5 Å². The molecule has 10 heteroatoms. The second-order valence-corrected chi connectivity index (χ2v) is 10.4. The molecule has 0 saturated carbocycles. The van der Waals surface area contributed by atoms with Gasteiger partial charge >= 0.3 is 0 Å². The number of hydrogen-bond acceptors (Lipinski definition) is 9. The highest BCUT2D eigenvalue weighted by Gasteiger charge is 2.35. The number of rotatable bonds is 7. The van der Waals surface area contributed by atoms with Gasteiger partial charge in [-0.2, -0.15) is 0 Å². The fraction of sp³-hybridized carbons (Fsp3) is 0.286. The zero-order chi connectivity index (χ0) is 25.9. The third-order valence-corrected chi connectivity index (χ3v) is 7.77. The second-order valence-electron chi connectivity index (χ2n) is 9.48. The zero-order valence-electron chi connectivity index (χ0n) is 21.1. The first-order valence-corrected chi connectivity index (χ1v) is 13.6. The number of nitrogens with zero attached hydrogens (tertiary/aromatic N) is 6. The number of piperidine rings is 1. The van der Waals surface area contributed by atoms with Crippen molar-refractivity contribution in [1.29, 1.82) is 0 Å². The minimum Gasteiger partial charge on any atom is -0.421 e. The molecule has 1 N–H and O–H groups in total. The largest absolute Gasteiger partial charge is 0.421 e. The Hall–Kier alpha value is -3.86. The summed E-state index contributed by atoms with van der Waals surface area (Å²) in [4.78, 5) is 23.4. The molecule has 2 aliphatic heterocycles. The Balaban J connectivity index is 1.17. The lowest BCUT2D eigenvalue weighted by molar-refractivity contribution is 0.0462. The second kappa shape index (κ2) is 10.9. The van der Waals surface area contributed by atoms with Gasteiger partial charge in [-0.3, -0.25) is 19.7 Å². The summed E-state index contributed by atoms with van der Waals surface area (Å²) in [6, 6.07) is 17.9. The number of amides is 1. The van der Waals surface area contributed by atoms with E-state index in [9.17, 15) is 4.79 Å². The maximum atomic E-state index is 13.7. The predicted octanol–water partition coefficient (Wildman–Crippen LogP) is 4.47. The Morgan fingerprint density at radius 3 is 2.76 bits per heavy atom. The number of hydrogen-bond donors (Lipinski definition) is 1. The first-order chi connectivity index (χ1) is 18.6. The van der Waals surface area contributed by atoms with Crippen LogP contribution in [0.15, 0.2) is 82.9 Å². The molecule has 2 aliphatic rings. The standard InChI is InChI=1S/C28H29N7O2S/c1-20-30-31-27(37-20)21-6-4-8-24(18-21)34-16-12-26(32-34)35(28(36)25-9-5-17-38-25)23-10-14-33(15-11-23)19-22-7-2-3-13-29-22/h2-9,12-13,16-18,23,26,32H,10-11,14-15,19H2,1H3. The number of pyridine rings is 1. The third kappa shape index (κ3) is 5.24. The molecule has 1 fully saturated rings. The third-order valence-electron chi connectivity index (χ3n) is 6.91. The van der Waals surface area contributed by atoms with E-state index < -0.39 is 0 Å². The normalized spacial score (nSPS) is 18.2. The van der Waals surface area contributed by atoms with Crippen LogP contribution >= 0.6 is 11.3 Å². The molecule has 3 aromatic heterocycles.